The number of hydrogen-bond donors (Lipinski definition) is 1. The molecular weight excluding hydrogens is 298 g/mol. The van der Waals surface area contributed by atoms with Gasteiger partial charge in [-0.2, -0.15) is 0 Å². The first-order valence-electron chi connectivity index (χ1n) is 7.43. The number of hydrogen-bond acceptors (Lipinski definition) is 7. The summed E-state index contributed by atoms with van der Waals surface area (Å²) >= 11 is 0. The van der Waals surface area contributed by atoms with Gasteiger partial charge in [-0.25, -0.2) is 9.97 Å². The van der Waals surface area contributed by atoms with Crippen molar-refractivity contribution >= 4 is 11.7 Å². The predicted molar refractivity (Wildman–Crippen MR) is 82.2 cm³/mol. The van der Waals surface area contributed by atoms with E-state index in [-0.39, 0.29) is 18.1 Å². The van der Waals surface area contributed by atoms with Crippen molar-refractivity contribution in [1.82, 2.24) is 20.4 Å². The van der Waals surface area contributed by atoms with Crippen LogP contribution < -0.4 is 10.2 Å². The molecule has 0 saturated carbocycles. The SMILES string of the molecule is CO[C@@H]1C[C@H](CNC(=O)c2nocc2C)N(c2ccncn2)C1. The third-order valence-electron chi connectivity index (χ3n) is 4.03. The van der Waals surface area contributed by atoms with Gasteiger partial charge in [-0.15, -0.1) is 0 Å². The van der Waals surface area contributed by atoms with Crippen LogP contribution in [-0.4, -0.2) is 53.4 Å². The van der Waals surface area contributed by atoms with Crippen molar-refractivity contribution in [3.05, 3.63) is 36.1 Å². The minimum atomic E-state index is -0.236. The molecule has 2 aromatic heterocycles. The number of aromatic nitrogens is 3. The molecule has 1 fully saturated rings. The molecule has 0 radical (unpaired) electrons. The number of carbonyl (C=O) groups excluding carboxylic acids is 1. The molecule has 1 saturated heterocycles. The predicted octanol–water partition coefficient (Wildman–Crippen LogP) is 0.797. The van der Waals surface area contributed by atoms with Crippen LogP contribution in [0.2, 0.25) is 0 Å². The Balaban J connectivity index is 1.67. The van der Waals surface area contributed by atoms with Gasteiger partial charge in [0.05, 0.1) is 12.1 Å². The molecule has 0 spiro atoms. The molecular formula is C15H19N5O3. The van der Waals surface area contributed by atoms with E-state index in [0.29, 0.717) is 12.2 Å². The third kappa shape index (κ3) is 3.31. The van der Waals surface area contributed by atoms with Gasteiger partial charge in [0.1, 0.15) is 18.4 Å². The number of carbonyl (C=O) groups is 1. The van der Waals surface area contributed by atoms with E-state index >= 15 is 0 Å². The van der Waals surface area contributed by atoms with Gasteiger partial charge >= 0.3 is 0 Å². The maximum atomic E-state index is 12.2. The highest BCUT2D eigenvalue weighted by Crippen LogP contribution is 2.24. The molecule has 3 rings (SSSR count). The normalized spacial score (nSPS) is 20.7. The molecule has 8 heteroatoms. The average Bonchev–Trinajstić information content (AvgIpc) is 3.19. The fourth-order valence-corrected chi connectivity index (χ4v) is 2.77. The van der Waals surface area contributed by atoms with Crippen LogP contribution in [0.15, 0.2) is 29.4 Å². The molecule has 1 N–H and O–H groups in total. The molecule has 23 heavy (non-hydrogen) atoms. The van der Waals surface area contributed by atoms with Crippen LogP contribution in [-0.2, 0) is 4.74 Å². The third-order valence-corrected chi connectivity index (χ3v) is 4.03. The lowest BCUT2D eigenvalue weighted by atomic mass is 10.2. The molecule has 2 aromatic rings. The maximum absolute atomic E-state index is 12.2. The molecule has 8 nitrogen and oxygen atoms in total. The minimum absolute atomic E-state index is 0.103. The van der Waals surface area contributed by atoms with E-state index in [0.717, 1.165) is 24.3 Å². The van der Waals surface area contributed by atoms with E-state index in [4.69, 9.17) is 9.26 Å². The van der Waals surface area contributed by atoms with E-state index in [1.807, 2.05) is 6.07 Å². The lowest BCUT2D eigenvalue weighted by molar-refractivity contribution is 0.0937. The van der Waals surface area contributed by atoms with Crippen molar-refractivity contribution in [2.45, 2.75) is 25.5 Å². The van der Waals surface area contributed by atoms with Gasteiger partial charge in [-0.1, -0.05) is 5.16 Å². The van der Waals surface area contributed by atoms with Crippen LogP contribution in [0.25, 0.3) is 0 Å². The smallest absolute Gasteiger partial charge is 0.273 e. The highest BCUT2D eigenvalue weighted by molar-refractivity contribution is 5.93. The Morgan fingerprint density at radius 2 is 2.43 bits per heavy atom. The summed E-state index contributed by atoms with van der Waals surface area (Å²) in [5.41, 5.74) is 1.04. The number of methoxy groups -OCH3 is 1. The Labute approximate surface area is 133 Å². The van der Waals surface area contributed by atoms with E-state index in [9.17, 15) is 4.79 Å². The number of amides is 1. The number of ether oxygens (including phenoxy) is 1. The lowest BCUT2D eigenvalue weighted by Crippen LogP contribution is -2.40. The Morgan fingerprint density at radius 1 is 1.57 bits per heavy atom. The Morgan fingerprint density at radius 3 is 3.09 bits per heavy atom. The number of aryl methyl sites for hydroxylation is 1. The van der Waals surface area contributed by atoms with Crippen molar-refractivity contribution in [2.24, 2.45) is 0 Å². The number of nitrogens with one attached hydrogen (secondary N) is 1. The van der Waals surface area contributed by atoms with E-state index in [2.05, 4.69) is 25.3 Å². The fraction of sp³-hybridized carbons (Fsp3) is 0.467. The van der Waals surface area contributed by atoms with Crippen LogP contribution >= 0.6 is 0 Å². The molecule has 0 aliphatic carbocycles. The van der Waals surface area contributed by atoms with E-state index in [1.54, 1.807) is 20.2 Å². The Bertz CT molecular complexity index is 660. The minimum Gasteiger partial charge on any atom is -0.380 e. The highest BCUT2D eigenvalue weighted by atomic mass is 16.5. The van der Waals surface area contributed by atoms with Gasteiger partial charge < -0.3 is 19.5 Å². The van der Waals surface area contributed by atoms with E-state index < -0.39 is 0 Å². The zero-order chi connectivity index (χ0) is 16.2. The van der Waals surface area contributed by atoms with Crippen LogP contribution in [0.4, 0.5) is 5.82 Å². The first-order chi connectivity index (χ1) is 11.2. The van der Waals surface area contributed by atoms with Crippen LogP contribution in [0.3, 0.4) is 0 Å². The van der Waals surface area contributed by atoms with Gasteiger partial charge in [0.25, 0.3) is 5.91 Å². The standard InChI is InChI=1S/C15H19N5O3/c1-10-8-23-19-14(10)15(21)17-6-11-5-12(22-2)7-20(11)13-3-4-16-9-18-13/h3-4,8-9,11-12H,5-7H2,1-2H3,(H,17,21)/t11-,12-/m1/s1. The molecule has 3 heterocycles. The highest BCUT2D eigenvalue weighted by Gasteiger charge is 2.33. The molecule has 0 bridgehead atoms. The van der Waals surface area contributed by atoms with Crippen LogP contribution in [0, 0.1) is 6.92 Å². The summed E-state index contributed by atoms with van der Waals surface area (Å²) in [5.74, 6) is 0.594. The monoisotopic (exact) mass is 317 g/mol. The van der Waals surface area contributed by atoms with Gasteiger partial charge in [0.15, 0.2) is 5.69 Å². The molecule has 1 amide bonds. The second-order valence-corrected chi connectivity index (χ2v) is 5.52. The number of rotatable bonds is 5. The van der Waals surface area contributed by atoms with Crippen molar-refractivity contribution in [3.8, 4) is 0 Å². The van der Waals surface area contributed by atoms with Crippen LogP contribution in [0.5, 0.6) is 0 Å². The summed E-state index contributed by atoms with van der Waals surface area (Å²) < 4.78 is 10.3. The molecule has 122 valence electrons. The maximum Gasteiger partial charge on any atom is 0.273 e. The summed E-state index contributed by atoms with van der Waals surface area (Å²) in [6, 6.07) is 1.96. The Kier molecular flexibility index (Phi) is 4.52. The van der Waals surface area contributed by atoms with Gasteiger partial charge in [-0.05, 0) is 19.4 Å². The zero-order valence-corrected chi connectivity index (χ0v) is 13.1. The average molecular weight is 317 g/mol. The van der Waals surface area contributed by atoms with Crippen molar-refractivity contribution in [1.29, 1.82) is 0 Å². The second kappa shape index (κ2) is 6.74. The van der Waals surface area contributed by atoms with Crippen molar-refractivity contribution in [2.75, 3.05) is 25.1 Å². The summed E-state index contributed by atoms with van der Waals surface area (Å²) in [5, 5.41) is 6.63. The molecule has 1 aliphatic rings. The topological polar surface area (TPSA) is 93.4 Å². The van der Waals surface area contributed by atoms with Crippen molar-refractivity contribution in [3.63, 3.8) is 0 Å². The summed E-state index contributed by atoms with van der Waals surface area (Å²) in [7, 11) is 1.70. The summed E-state index contributed by atoms with van der Waals surface area (Å²) in [4.78, 5) is 22.5. The number of anilines is 1. The van der Waals surface area contributed by atoms with Gasteiger partial charge in [0.2, 0.25) is 0 Å². The van der Waals surface area contributed by atoms with Crippen LogP contribution in [0.1, 0.15) is 22.5 Å². The summed E-state index contributed by atoms with van der Waals surface area (Å²) in [6.07, 6.45) is 5.61. The molecule has 1 aliphatic heterocycles. The zero-order valence-electron chi connectivity index (χ0n) is 13.1. The lowest BCUT2D eigenvalue weighted by Gasteiger charge is -2.25. The molecule has 0 aromatic carbocycles. The second-order valence-electron chi connectivity index (χ2n) is 5.52. The Hall–Kier alpha value is -2.48. The number of nitrogens with zero attached hydrogens (tertiary/aromatic N) is 4. The van der Waals surface area contributed by atoms with Crippen molar-refractivity contribution < 1.29 is 14.1 Å². The largest absolute Gasteiger partial charge is 0.380 e. The molecule has 2 atom stereocenters. The van der Waals surface area contributed by atoms with E-state index in [1.165, 1.54) is 12.6 Å². The molecule has 0 unspecified atom stereocenters. The summed E-state index contributed by atoms with van der Waals surface area (Å²) in [6.45, 7) is 3.00. The first-order valence-corrected chi connectivity index (χ1v) is 7.43. The van der Waals surface area contributed by atoms with Gasteiger partial charge in [-0.3, -0.25) is 4.79 Å². The van der Waals surface area contributed by atoms with Gasteiger partial charge in [0, 0.05) is 32.0 Å². The first kappa shape index (κ1) is 15.4. The quantitative estimate of drug-likeness (QED) is 0.871. The fourth-order valence-electron chi connectivity index (χ4n) is 2.77.